The molecule has 0 aliphatic carbocycles. The van der Waals surface area contributed by atoms with Crippen molar-refractivity contribution in [2.45, 2.75) is 20.8 Å². The number of anilines is 1. The van der Waals surface area contributed by atoms with Gasteiger partial charge in [-0.15, -0.1) is 0 Å². The van der Waals surface area contributed by atoms with E-state index in [1.807, 2.05) is 25.1 Å². The number of para-hydroxylation sites is 1. The van der Waals surface area contributed by atoms with E-state index in [4.69, 9.17) is 9.15 Å². The van der Waals surface area contributed by atoms with E-state index in [9.17, 15) is 14.9 Å². The number of aromatic nitrogens is 1. The third-order valence-electron chi connectivity index (χ3n) is 4.66. The number of benzene rings is 1. The summed E-state index contributed by atoms with van der Waals surface area (Å²) in [6, 6.07) is 8.15. The Morgan fingerprint density at radius 1 is 1.20 bits per heavy atom. The molecule has 3 aromatic rings. The van der Waals surface area contributed by atoms with Crippen molar-refractivity contribution in [1.29, 1.82) is 0 Å². The van der Waals surface area contributed by atoms with Gasteiger partial charge in [0, 0.05) is 13.1 Å². The summed E-state index contributed by atoms with van der Waals surface area (Å²) in [4.78, 5) is 31.8. The van der Waals surface area contributed by atoms with Gasteiger partial charge < -0.3 is 14.1 Å². The number of carbonyl (C=O) groups excluding carboxylic acids is 1. The maximum absolute atomic E-state index is 13.2. The van der Waals surface area contributed by atoms with E-state index in [0.29, 0.717) is 36.1 Å². The summed E-state index contributed by atoms with van der Waals surface area (Å²) in [5.74, 6) is -0.370. The van der Waals surface area contributed by atoms with Crippen molar-refractivity contribution in [1.82, 2.24) is 9.88 Å². The Labute approximate surface area is 178 Å². The number of amides is 1. The van der Waals surface area contributed by atoms with E-state index in [-0.39, 0.29) is 5.76 Å². The van der Waals surface area contributed by atoms with E-state index in [0.717, 1.165) is 17.8 Å². The van der Waals surface area contributed by atoms with Crippen molar-refractivity contribution >= 4 is 38.5 Å². The molecule has 30 heavy (non-hydrogen) atoms. The minimum atomic E-state index is -0.664. The number of fused-ring (bicyclic) bond motifs is 1. The Morgan fingerprint density at radius 3 is 2.60 bits per heavy atom. The highest BCUT2D eigenvalue weighted by atomic mass is 32.1. The fraction of sp³-hybridized carbons (Fsp3) is 0.400. The maximum atomic E-state index is 13.2. The molecule has 9 nitrogen and oxygen atoms in total. The monoisotopic (exact) mass is 432 g/mol. The number of carbonyl (C=O) groups is 1. The Morgan fingerprint density at radius 2 is 1.97 bits per heavy atom. The molecule has 2 aromatic heterocycles. The zero-order valence-electron chi connectivity index (χ0n) is 17.2. The lowest BCUT2D eigenvalue weighted by atomic mass is 10.3. The molecule has 0 N–H and O–H groups in total. The van der Waals surface area contributed by atoms with Crippen LogP contribution in [0.1, 0.15) is 31.3 Å². The summed E-state index contributed by atoms with van der Waals surface area (Å²) < 4.78 is 11.7. The summed E-state index contributed by atoms with van der Waals surface area (Å²) in [6.45, 7) is 9.21. The quantitative estimate of drug-likeness (QED) is 0.350. The van der Waals surface area contributed by atoms with Crippen LogP contribution in [0.4, 0.5) is 11.0 Å². The van der Waals surface area contributed by atoms with Crippen molar-refractivity contribution in [2.75, 3.05) is 37.7 Å². The van der Waals surface area contributed by atoms with Gasteiger partial charge in [0.1, 0.15) is 16.2 Å². The van der Waals surface area contributed by atoms with Crippen LogP contribution in [-0.2, 0) is 0 Å². The topological polar surface area (TPSA) is 102 Å². The minimum Gasteiger partial charge on any atom is -0.492 e. The molecule has 10 heteroatoms. The van der Waals surface area contributed by atoms with Gasteiger partial charge in [0.25, 0.3) is 5.91 Å². The van der Waals surface area contributed by atoms with Crippen LogP contribution in [0.25, 0.3) is 10.2 Å². The summed E-state index contributed by atoms with van der Waals surface area (Å²) in [6.07, 6.45) is 0. The second kappa shape index (κ2) is 9.68. The van der Waals surface area contributed by atoms with Crippen LogP contribution in [0.15, 0.2) is 34.7 Å². The molecular formula is C20H24N4O5S. The second-order valence-electron chi connectivity index (χ2n) is 6.41. The Bertz CT molecular complexity index is 1030. The fourth-order valence-corrected chi connectivity index (χ4v) is 4.05. The van der Waals surface area contributed by atoms with Crippen LogP contribution in [-0.4, -0.2) is 53.5 Å². The molecule has 0 spiro atoms. The smallest absolute Gasteiger partial charge is 0.433 e. The van der Waals surface area contributed by atoms with Crippen LogP contribution in [0, 0.1) is 10.1 Å². The minimum absolute atomic E-state index is 0.0921. The highest BCUT2D eigenvalue weighted by Gasteiger charge is 2.26. The van der Waals surface area contributed by atoms with Gasteiger partial charge in [-0.05, 0) is 38.2 Å². The summed E-state index contributed by atoms with van der Waals surface area (Å²) in [7, 11) is 0. The van der Waals surface area contributed by atoms with Crippen molar-refractivity contribution in [2.24, 2.45) is 0 Å². The van der Waals surface area contributed by atoms with E-state index in [2.05, 4.69) is 23.7 Å². The Kier molecular flexibility index (Phi) is 7.01. The predicted octanol–water partition coefficient (Wildman–Crippen LogP) is 4.18. The molecule has 160 valence electrons. The molecule has 1 aromatic carbocycles. The SMILES string of the molecule is CCOc1cccc2sc(N(CCN(CC)CC)C(=O)c3ccc([N+](=O)[O-])o3)nc12. The van der Waals surface area contributed by atoms with Gasteiger partial charge >= 0.3 is 5.88 Å². The fourth-order valence-electron chi connectivity index (χ4n) is 3.04. The summed E-state index contributed by atoms with van der Waals surface area (Å²) in [5, 5.41) is 11.4. The molecular weight excluding hydrogens is 408 g/mol. The molecule has 0 radical (unpaired) electrons. The van der Waals surface area contributed by atoms with E-state index < -0.39 is 16.7 Å². The lowest BCUT2D eigenvalue weighted by molar-refractivity contribution is -0.402. The lowest BCUT2D eigenvalue weighted by Gasteiger charge is -2.24. The van der Waals surface area contributed by atoms with Crippen LogP contribution >= 0.6 is 11.3 Å². The molecule has 3 rings (SSSR count). The van der Waals surface area contributed by atoms with Crippen molar-refractivity contribution < 1.29 is 18.9 Å². The van der Waals surface area contributed by atoms with Gasteiger partial charge in [0.05, 0.1) is 17.4 Å². The van der Waals surface area contributed by atoms with Gasteiger partial charge in [-0.2, -0.15) is 0 Å². The first-order chi connectivity index (χ1) is 14.5. The van der Waals surface area contributed by atoms with Crippen LogP contribution in [0.2, 0.25) is 0 Å². The Hall–Kier alpha value is -2.98. The van der Waals surface area contributed by atoms with Gasteiger partial charge in [0.2, 0.25) is 0 Å². The molecule has 0 unspecified atom stereocenters. The van der Waals surface area contributed by atoms with Crippen molar-refractivity contribution in [3.05, 3.63) is 46.2 Å². The first-order valence-corrected chi connectivity index (χ1v) is 10.6. The van der Waals surface area contributed by atoms with E-state index >= 15 is 0 Å². The van der Waals surface area contributed by atoms with Crippen LogP contribution < -0.4 is 9.64 Å². The normalized spacial score (nSPS) is 11.2. The molecule has 0 saturated heterocycles. The lowest BCUT2D eigenvalue weighted by Crippen LogP contribution is -2.38. The van der Waals surface area contributed by atoms with E-state index in [1.54, 1.807) is 0 Å². The number of likely N-dealkylation sites (N-methyl/N-ethyl adjacent to an activating group) is 1. The van der Waals surface area contributed by atoms with Gasteiger partial charge in [0.15, 0.2) is 10.9 Å². The second-order valence-corrected chi connectivity index (χ2v) is 7.42. The number of ether oxygens (including phenoxy) is 1. The first kappa shape index (κ1) is 21.7. The number of nitrogens with zero attached hydrogens (tertiary/aromatic N) is 4. The summed E-state index contributed by atoms with van der Waals surface area (Å²) >= 11 is 1.37. The van der Waals surface area contributed by atoms with Gasteiger partial charge in [-0.25, -0.2) is 4.98 Å². The van der Waals surface area contributed by atoms with Gasteiger partial charge in [-0.3, -0.25) is 19.8 Å². The zero-order valence-corrected chi connectivity index (χ0v) is 18.0. The number of nitro groups is 1. The number of furan rings is 1. The molecule has 2 heterocycles. The molecule has 0 aliphatic heterocycles. The largest absolute Gasteiger partial charge is 0.492 e. The van der Waals surface area contributed by atoms with Crippen LogP contribution in [0.5, 0.6) is 5.75 Å². The number of hydrogen-bond acceptors (Lipinski definition) is 8. The van der Waals surface area contributed by atoms with Crippen molar-refractivity contribution in [3.8, 4) is 5.75 Å². The van der Waals surface area contributed by atoms with Gasteiger partial charge in [-0.1, -0.05) is 31.3 Å². The number of thiazole rings is 1. The average Bonchev–Trinajstić information content (AvgIpc) is 3.39. The predicted molar refractivity (Wildman–Crippen MR) is 116 cm³/mol. The number of rotatable bonds is 10. The third kappa shape index (κ3) is 4.60. The maximum Gasteiger partial charge on any atom is 0.433 e. The standard InChI is InChI=1S/C20H24N4O5S/c1-4-22(5-2)12-13-23(19(25)15-10-11-17(29-15)24(26)27)20-21-18-14(28-6-3)8-7-9-16(18)30-20/h7-11H,4-6,12-13H2,1-3H3. The molecule has 0 aliphatic rings. The molecule has 0 bridgehead atoms. The Balaban J connectivity index is 1.98. The molecule has 0 atom stereocenters. The van der Waals surface area contributed by atoms with Crippen LogP contribution in [0.3, 0.4) is 0 Å². The first-order valence-electron chi connectivity index (χ1n) is 9.79. The highest BCUT2D eigenvalue weighted by Crippen LogP contribution is 2.35. The molecule has 0 fully saturated rings. The molecule has 0 saturated carbocycles. The summed E-state index contributed by atoms with van der Waals surface area (Å²) in [5.41, 5.74) is 0.686. The highest BCUT2D eigenvalue weighted by molar-refractivity contribution is 7.22. The molecule has 1 amide bonds. The third-order valence-corrected chi connectivity index (χ3v) is 5.71. The van der Waals surface area contributed by atoms with E-state index in [1.165, 1.54) is 28.4 Å². The zero-order chi connectivity index (χ0) is 21.7. The van der Waals surface area contributed by atoms with Crippen molar-refractivity contribution in [3.63, 3.8) is 0 Å². The average molecular weight is 433 g/mol. The number of hydrogen-bond donors (Lipinski definition) is 0.